The van der Waals surface area contributed by atoms with Crippen LogP contribution >= 0.6 is 0 Å². The smallest absolute Gasteiger partial charge is 0.177 e. The lowest BCUT2D eigenvalue weighted by Gasteiger charge is -2.24. The molecule has 1 heterocycles. The van der Waals surface area contributed by atoms with Crippen LogP contribution in [0.15, 0.2) is 24.3 Å². The molecule has 0 bridgehead atoms. The first-order valence-corrected chi connectivity index (χ1v) is 6.58. The molecule has 1 aliphatic heterocycles. The van der Waals surface area contributed by atoms with Gasteiger partial charge in [0.15, 0.2) is 11.9 Å². The van der Waals surface area contributed by atoms with Gasteiger partial charge in [-0.05, 0) is 18.9 Å². The Labute approximate surface area is 103 Å². The van der Waals surface area contributed by atoms with E-state index in [0.717, 1.165) is 24.2 Å². The van der Waals surface area contributed by atoms with Crippen molar-refractivity contribution < 1.29 is 9.53 Å². The van der Waals surface area contributed by atoms with Crippen LogP contribution in [-0.2, 0) is 11.2 Å². The van der Waals surface area contributed by atoms with Crippen molar-refractivity contribution in [1.82, 2.24) is 0 Å². The number of hydrogen-bond acceptors (Lipinski definition) is 2. The Bertz CT molecular complexity index is 384. The van der Waals surface area contributed by atoms with Gasteiger partial charge in [-0.2, -0.15) is 0 Å². The molecule has 0 N–H and O–H groups in total. The van der Waals surface area contributed by atoms with Crippen LogP contribution in [0.25, 0.3) is 0 Å². The van der Waals surface area contributed by atoms with Crippen molar-refractivity contribution in [2.24, 2.45) is 0 Å². The molecule has 1 aliphatic rings. The largest absolute Gasteiger partial charge is 0.482 e. The zero-order valence-electron chi connectivity index (χ0n) is 10.4. The highest BCUT2D eigenvalue weighted by molar-refractivity contribution is 5.87. The van der Waals surface area contributed by atoms with E-state index in [1.165, 1.54) is 19.3 Å². The van der Waals surface area contributed by atoms with Gasteiger partial charge in [0.05, 0.1) is 0 Å². The normalized spacial score (nSPS) is 18.6. The average molecular weight is 232 g/mol. The summed E-state index contributed by atoms with van der Waals surface area (Å²) >= 11 is 0. The van der Waals surface area contributed by atoms with Gasteiger partial charge in [0, 0.05) is 12.0 Å². The van der Waals surface area contributed by atoms with Crippen LogP contribution in [0, 0.1) is 0 Å². The molecule has 0 aliphatic carbocycles. The van der Waals surface area contributed by atoms with E-state index in [2.05, 4.69) is 6.92 Å². The third-order valence-corrected chi connectivity index (χ3v) is 3.29. The number of Topliss-reactive ketones (excluding diaryl/α,β-unsaturated/α-hetero) is 1. The molecular formula is C15H20O2. The van der Waals surface area contributed by atoms with Crippen LogP contribution in [-0.4, -0.2) is 11.9 Å². The molecule has 92 valence electrons. The standard InChI is InChI=1S/C15H20O2/c1-2-3-4-5-10-15-13(16)11-12-8-6-7-9-14(12)17-15/h6-9,15H,2-5,10-11H2,1H3. The third-order valence-electron chi connectivity index (χ3n) is 3.29. The van der Waals surface area contributed by atoms with Gasteiger partial charge in [-0.1, -0.05) is 44.4 Å². The van der Waals surface area contributed by atoms with Crippen molar-refractivity contribution in [3.05, 3.63) is 29.8 Å². The maximum Gasteiger partial charge on any atom is 0.177 e. The minimum absolute atomic E-state index is 0.207. The van der Waals surface area contributed by atoms with Crippen molar-refractivity contribution in [3.8, 4) is 5.75 Å². The van der Waals surface area contributed by atoms with Crippen molar-refractivity contribution in [3.63, 3.8) is 0 Å². The SMILES string of the molecule is CCCCCCC1Oc2ccccc2CC1=O. The number of benzene rings is 1. The van der Waals surface area contributed by atoms with E-state index in [1.54, 1.807) is 0 Å². The van der Waals surface area contributed by atoms with Gasteiger partial charge < -0.3 is 4.74 Å². The highest BCUT2D eigenvalue weighted by Gasteiger charge is 2.26. The summed E-state index contributed by atoms with van der Waals surface area (Å²) in [6, 6.07) is 7.85. The zero-order chi connectivity index (χ0) is 12.1. The van der Waals surface area contributed by atoms with Crippen LogP contribution in [0.3, 0.4) is 0 Å². The Kier molecular flexibility index (Phi) is 4.18. The Morgan fingerprint density at radius 1 is 1.24 bits per heavy atom. The summed E-state index contributed by atoms with van der Waals surface area (Å²) in [6.07, 6.45) is 5.96. The second-order valence-electron chi connectivity index (χ2n) is 4.71. The number of unbranched alkanes of at least 4 members (excludes halogenated alkanes) is 3. The molecule has 0 spiro atoms. The van der Waals surface area contributed by atoms with Crippen LogP contribution in [0.1, 0.15) is 44.6 Å². The zero-order valence-corrected chi connectivity index (χ0v) is 10.4. The highest BCUT2D eigenvalue weighted by atomic mass is 16.5. The van der Waals surface area contributed by atoms with E-state index in [4.69, 9.17) is 4.74 Å². The molecule has 0 amide bonds. The molecule has 0 saturated heterocycles. The van der Waals surface area contributed by atoms with Crippen LogP contribution < -0.4 is 4.74 Å². The molecular weight excluding hydrogens is 212 g/mol. The Hall–Kier alpha value is -1.31. The van der Waals surface area contributed by atoms with E-state index in [1.807, 2.05) is 24.3 Å². The van der Waals surface area contributed by atoms with Crippen molar-refractivity contribution in [1.29, 1.82) is 0 Å². The van der Waals surface area contributed by atoms with Gasteiger partial charge in [0.2, 0.25) is 0 Å². The molecule has 17 heavy (non-hydrogen) atoms. The van der Waals surface area contributed by atoms with E-state index in [9.17, 15) is 4.79 Å². The van der Waals surface area contributed by atoms with Gasteiger partial charge in [-0.15, -0.1) is 0 Å². The maximum atomic E-state index is 11.9. The van der Waals surface area contributed by atoms with Gasteiger partial charge in [-0.25, -0.2) is 0 Å². The number of para-hydroxylation sites is 1. The van der Waals surface area contributed by atoms with Crippen molar-refractivity contribution in [2.45, 2.75) is 51.6 Å². The number of rotatable bonds is 5. The summed E-state index contributed by atoms with van der Waals surface area (Å²) in [4.78, 5) is 11.9. The topological polar surface area (TPSA) is 26.3 Å². The maximum absolute atomic E-state index is 11.9. The molecule has 1 atom stereocenters. The van der Waals surface area contributed by atoms with Gasteiger partial charge in [0.25, 0.3) is 0 Å². The minimum atomic E-state index is -0.207. The van der Waals surface area contributed by atoms with Crippen molar-refractivity contribution >= 4 is 5.78 Å². The molecule has 2 heteroatoms. The quantitative estimate of drug-likeness (QED) is 0.726. The number of hydrogen-bond donors (Lipinski definition) is 0. The number of carbonyl (C=O) groups is 1. The van der Waals surface area contributed by atoms with Gasteiger partial charge in [0.1, 0.15) is 5.75 Å². The predicted molar refractivity (Wildman–Crippen MR) is 68.3 cm³/mol. The molecule has 1 unspecified atom stereocenters. The number of carbonyl (C=O) groups excluding carboxylic acids is 1. The fourth-order valence-corrected chi connectivity index (χ4v) is 2.26. The third kappa shape index (κ3) is 3.09. The molecule has 0 radical (unpaired) electrons. The van der Waals surface area contributed by atoms with Crippen LogP contribution in [0.5, 0.6) is 5.75 Å². The van der Waals surface area contributed by atoms with E-state index >= 15 is 0 Å². The first-order chi connectivity index (χ1) is 8.31. The Morgan fingerprint density at radius 3 is 2.88 bits per heavy atom. The number of ketones is 1. The van der Waals surface area contributed by atoms with Gasteiger partial charge >= 0.3 is 0 Å². The van der Waals surface area contributed by atoms with Crippen LogP contribution in [0.4, 0.5) is 0 Å². The van der Waals surface area contributed by atoms with Crippen molar-refractivity contribution in [2.75, 3.05) is 0 Å². The number of ether oxygens (including phenoxy) is 1. The number of fused-ring (bicyclic) bond motifs is 1. The predicted octanol–water partition coefficient (Wildman–Crippen LogP) is 3.53. The lowest BCUT2D eigenvalue weighted by Crippen LogP contribution is -2.33. The molecule has 0 saturated carbocycles. The lowest BCUT2D eigenvalue weighted by atomic mass is 9.97. The molecule has 1 aromatic rings. The fourth-order valence-electron chi connectivity index (χ4n) is 2.26. The lowest BCUT2D eigenvalue weighted by molar-refractivity contribution is -0.126. The van der Waals surface area contributed by atoms with E-state index in [-0.39, 0.29) is 11.9 Å². The molecule has 1 aromatic carbocycles. The van der Waals surface area contributed by atoms with E-state index < -0.39 is 0 Å². The summed E-state index contributed by atoms with van der Waals surface area (Å²) in [6.45, 7) is 2.19. The first-order valence-electron chi connectivity index (χ1n) is 6.58. The fraction of sp³-hybridized carbons (Fsp3) is 0.533. The molecule has 2 nitrogen and oxygen atoms in total. The Morgan fingerprint density at radius 2 is 2.06 bits per heavy atom. The monoisotopic (exact) mass is 232 g/mol. The average Bonchev–Trinajstić information content (AvgIpc) is 2.35. The molecule has 0 fully saturated rings. The molecule has 0 aromatic heterocycles. The highest BCUT2D eigenvalue weighted by Crippen LogP contribution is 2.27. The molecule has 2 rings (SSSR count). The second kappa shape index (κ2) is 5.85. The summed E-state index contributed by atoms with van der Waals surface area (Å²) in [5, 5.41) is 0. The summed E-state index contributed by atoms with van der Waals surface area (Å²) < 4.78 is 5.77. The summed E-state index contributed by atoms with van der Waals surface area (Å²) in [5.41, 5.74) is 1.03. The summed E-state index contributed by atoms with van der Waals surface area (Å²) in [7, 11) is 0. The second-order valence-corrected chi connectivity index (χ2v) is 4.71. The Balaban J connectivity index is 1.91. The first kappa shape index (κ1) is 12.2. The minimum Gasteiger partial charge on any atom is -0.482 e. The van der Waals surface area contributed by atoms with Gasteiger partial charge in [-0.3, -0.25) is 4.79 Å². The van der Waals surface area contributed by atoms with Crippen LogP contribution in [0.2, 0.25) is 0 Å². The van der Waals surface area contributed by atoms with E-state index in [0.29, 0.717) is 6.42 Å². The summed E-state index contributed by atoms with van der Waals surface area (Å²) in [5.74, 6) is 1.13.